The lowest BCUT2D eigenvalue weighted by atomic mass is 10.1. The van der Waals surface area contributed by atoms with Crippen molar-refractivity contribution in [2.75, 3.05) is 0 Å². The van der Waals surface area contributed by atoms with Gasteiger partial charge in [-0.1, -0.05) is 6.07 Å². The van der Waals surface area contributed by atoms with Crippen LogP contribution in [0.4, 0.5) is 0 Å². The van der Waals surface area contributed by atoms with E-state index in [0.717, 1.165) is 10.7 Å². The van der Waals surface area contributed by atoms with Crippen LogP contribution < -0.4 is 5.32 Å². The van der Waals surface area contributed by atoms with Gasteiger partial charge in [-0.25, -0.2) is 4.98 Å². The van der Waals surface area contributed by atoms with Gasteiger partial charge in [0, 0.05) is 29.7 Å². The third-order valence-electron chi connectivity index (χ3n) is 2.47. The first kappa shape index (κ1) is 12.7. The standard InChI is InChI=1S/C12H14N2O3S/c1-7-6-18-10(14-7)5-13-4-8-2-3-9(15)12(17)11(8)16/h2-3,6,13,15-17H,4-5H2,1H3. The number of nitrogens with zero attached hydrogens (tertiary/aromatic N) is 1. The third-order valence-corrected chi connectivity index (χ3v) is 3.44. The summed E-state index contributed by atoms with van der Waals surface area (Å²) in [5, 5.41) is 34.2. The minimum atomic E-state index is -0.487. The van der Waals surface area contributed by atoms with Crippen molar-refractivity contribution in [2.24, 2.45) is 0 Å². The van der Waals surface area contributed by atoms with Crippen molar-refractivity contribution in [3.8, 4) is 17.2 Å². The van der Waals surface area contributed by atoms with Crippen molar-refractivity contribution in [3.63, 3.8) is 0 Å². The summed E-state index contributed by atoms with van der Waals surface area (Å²) in [5.74, 6) is -1.11. The van der Waals surface area contributed by atoms with Crippen LogP contribution in [0.5, 0.6) is 17.2 Å². The fourth-order valence-electron chi connectivity index (χ4n) is 1.54. The van der Waals surface area contributed by atoms with Gasteiger partial charge >= 0.3 is 0 Å². The summed E-state index contributed by atoms with van der Waals surface area (Å²) in [7, 11) is 0. The van der Waals surface area contributed by atoms with Crippen LogP contribution in [-0.2, 0) is 13.1 Å². The quantitative estimate of drug-likeness (QED) is 0.635. The minimum Gasteiger partial charge on any atom is -0.504 e. The van der Waals surface area contributed by atoms with Gasteiger partial charge in [-0.05, 0) is 13.0 Å². The predicted molar refractivity (Wildman–Crippen MR) is 68.8 cm³/mol. The number of aromatic hydroxyl groups is 3. The Hall–Kier alpha value is -1.79. The number of phenols is 3. The van der Waals surface area contributed by atoms with Crippen LogP contribution >= 0.6 is 11.3 Å². The van der Waals surface area contributed by atoms with Crippen molar-refractivity contribution in [2.45, 2.75) is 20.0 Å². The number of rotatable bonds is 4. The predicted octanol–water partition coefficient (Wildman–Crippen LogP) is 1.86. The van der Waals surface area contributed by atoms with Crippen LogP contribution in [0.25, 0.3) is 0 Å². The van der Waals surface area contributed by atoms with Gasteiger partial charge < -0.3 is 20.6 Å². The smallest absolute Gasteiger partial charge is 0.200 e. The van der Waals surface area contributed by atoms with Crippen LogP contribution in [0, 0.1) is 6.92 Å². The number of hydrogen-bond donors (Lipinski definition) is 4. The monoisotopic (exact) mass is 266 g/mol. The van der Waals surface area contributed by atoms with E-state index in [-0.39, 0.29) is 11.5 Å². The molecule has 0 atom stereocenters. The van der Waals surface area contributed by atoms with E-state index in [1.807, 2.05) is 12.3 Å². The van der Waals surface area contributed by atoms with Crippen molar-refractivity contribution >= 4 is 11.3 Å². The Balaban J connectivity index is 1.96. The largest absolute Gasteiger partial charge is 0.504 e. The van der Waals surface area contributed by atoms with Gasteiger partial charge in [-0.15, -0.1) is 11.3 Å². The van der Waals surface area contributed by atoms with Crippen molar-refractivity contribution in [1.82, 2.24) is 10.3 Å². The molecule has 0 saturated carbocycles. The van der Waals surface area contributed by atoms with Gasteiger partial charge in [0.15, 0.2) is 11.5 Å². The highest BCUT2D eigenvalue weighted by atomic mass is 32.1. The van der Waals surface area contributed by atoms with E-state index in [0.29, 0.717) is 18.7 Å². The molecule has 0 aliphatic carbocycles. The number of nitrogens with one attached hydrogen (secondary N) is 1. The molecule has 6 heteroatoms. The maximum absolute atomic E-state index is 9.62. The molecular formula is C12H14N2O3S. The van der Waals surface area contributed by atoms with Gasteiger partial charge in [0.25, 0.3) is 0 Å². The number of aromatic nitrogens is 1. The molecule has 0 bridgehead atoms. The summed E-state index contributed by atoms with van der Waals surface area (Å²) in [6, 6.07) is 2.91. The van der Waals surface area contributed by atoms with Gasteiger partial charge in [-0.3, -0.25) is 0 Å². The first-order valence-electron chi connectivity index (χ1n) is 5.42. The number of thiazole rings is 1. The number of hydrogen-bond acceptors (Lipinski definition) is 6. The van der Waals surface area contributed by atoms with E-state index in [9.17, 15) is 15.3 Å². The first-order valence-corrected chi connectivity index (χ1v) is 6.30. The van der Waals surface area contributed by atoms with Gasteiger partial charge in [0.05, 0.1) is 0 Å². The fraction of sp³-hybridized carbons (Fsp3) is 0.250. The molecule has 2 aromatic rings. The number of phenolic OH excluding ortho intramolecular Hbond substituents is 3. The second-order valence-electron chi connectivity index (χ2n) is 3.93. The Morgan fingerprint density at radius 1 is 1.17 bits per heavy atom. The highest BCUT2D eigenvalue weighted by Crippen LogP contribution is 2.36. The van der Waals surface area contributed by atoms with Gasteiger partial charge in [0.2, 0.25) is 5.75 Å². The number of benzene rings is 1. The summed E-state index contributed by atoms with van der Waals surface area (Å²) < 4.78 is 0. The van der Waals surface area contributed by atoms with E-state index < -0.39 is 5.75 Å². The van der Waals surface area contributed by atoms with E-state index in [1.165, 1.54) is 6.07 Å². The minimum absolute atomic E-state index is 0.294. The van der Waals surface area contributed by atoms with Crippen LogP contribution in [0.3, 0.4) is 0 Å². The first-order chi connectivity index (χ1) is 8.58. The Morgan fingerprint density at radius 3 is 2.61 bits per heavy atom. The average molecular weight is 266 g/mol. The van der Waals surface area contributed by atoms with E-state index >= 15 is 0 Å². The molecule has 2 rings (SSSR count). The molecular weight excluding hydrogens is 252 g/mol. The summed E-state index contributed by atoms with van der Waals surface area (Å²) in [6.07, 6.45) is 0. The molecule has 0 unspecified atom stereocenters. The molecule has 1 aromatic carbocycles. The van der Waals surface area contributed by atoms with E-state index in [1.54, 1.807) is 17.4 Å². The molecule has 0 spiro atoms. The van der Waals surface area contributed by atoms with Crippen molar-refractivity contribution in [1.29, 1.82) is 0 Å². The van der Waals surface area contributed by atoms with Crippen molar-refractivity contribution in [3.05, 3.63) is 33.8 Å². The molecule has 0 fully saturated rings. The SMILES string of the molecule is Cc1csc(CNCc2ccc(O)c(O)c2O)n1. The molecule has 0 saturated heterocycles. The van der Waals surface area contributed by atoms with Crippen molar-refractivity contribution < 1.29 is 15.3 Å². The molecule has 1 heterocycles. The Morgan fingerprint density at radius 2 is 1.94 bits per heavy atom. The molecule has 0 radical (unpaired) electrons. The highest BCUT2D eigenvalue weighted by molar-refractivity contribution is 7.09. The van der Waals surface area contributed by atoms with Gasteiger partial charge in [-0.2, -0.15) is 0 Å². The normalized spacial score (nSPS) is 10.7. The summed E-state index contributed by atoms with van der Waals surface area (Å²) in [4.78, 5) is 4.30. The Bertz CT molecular complexity index is 554. The van der Waals surface area contributed by atoms with Crippen LogP contribution in [-0.4, -0.2) is 20.3 Å². The molecule has 1 aromatic heterocycles. The average Bonchev–Trinajstić information content (AvgIpc) is 2.75. The molecule has 4 N–H and O–H groups in total. The zero-order valence-corrected chi connectivity index (χ0v) is 10.7. The summed E-state index contributed by atoms with van der Waals surface area (Å²) >= 11 is 1.57. The lowest BCUT2D eigenvalue weighted by Gasteiger charge is -2.08. The lowest BCUT2D eigenvalue weighted by molar-refractivity contribution is 0.364. The van der Waals surface area contributed by atoms with Crippen LogP contribution in [0.2, 0.25) is 0 Å². The van der Waals surface area contributed by atoms with Crippen LogP contribution in [0.1, 0.15) is 16.3 Å². The Kier molecular flexibility index (Phi) is 3.69. The second kappa shape index (κ2) is 5.24. The summed E-state index contributed by atoms with van der Waals surface area (Å²) in [5.41, 5.74) is 1.51. The molecule has 0 amide bonds. The zero-order valence-electron chi connectivity index (χ0n) is 9.84. The number of aryl methyl sites for hydroxylation is 1. The third kappa shape index (κ3) is 2.72. The maximum atomic E-state index is 9.62. The second-order valence-corrected chi connectivity index (χ2v) is 4.87. The van der Waals surface area contributed by atoms with E-state index in [4.69, 9.17) is 0 Å². The zero-order chi connectivity index (χ0) is 13.1. The van der Waals surface area contributed by atoms with E-state index in [2.05, 4.69) is 10.3 Å². The topological polar surface area (TPSA) is 85.6 Å². The van der Waals surface area contributed by atoms with Crippen LogP contribution in [0.15, 0.2) is 17.5 Å². The highest BCUT2D eigenvalue weighted by Gasteiger charge is 2.10. The molecule has 5 nitrogen and oxygen atoms in total. The fourth-order valence-corrected chi connectivity index (χ4v) is 2.28. The maximum Gasteiger partial charge on any atom is 0.200 e. The molecule has 96 valence electrons. The summed E-state index contributed by atoms with van der Waals surface area (Å²) in [6.45, 7) is 2.92. The molecule has 0 aliphatic heterocycles. The lowest BCUT2D eigenvalue weighted by Crippen LogP contribution is -2.12. The molecule has 18 heavy (non-hydrogen) atoms. The molecule has 0 aliphatic rings. The Labute approximate surface area is 108 Å². The van der Waals surface area contributed by atoms with Gasteiger partial charge in [0.1, 0.15) is 5.01 Å².